The van der Waals surface area contributed by atoms with Crippen LogP contribution in [0.3, 0.4) is 0 Å². The number of azide groups is 2. The molecule has 4 atom stereocenters. The van der Waals surface area contributed by atoms with Gasteiger partial charge in [-0.25, -0.2) is 4.85 Å². The van der Waals surface area contributed by atoms with E-state index in [2.05, 4.69) is 82.6 Å². The molecule has 0 aliphatic carbocycles. The second kappa shape index (κ2) is 32.4. The highest BCUT2D eigenvalue weighted by molar-refractivity contribution is 14.1. The third kappa shape index (κ3) is 18.6. The van der Waals surface area contributed by atoms with Crippen LogP contribution in [-0.4, -0.2) is 128 Å². The van der Waals surface area contributed by atoms with Gasteiger partial charge in [0.05, 0.1) is 12.3 Å². The van der Waals surface area contributed by atoms with Gasteiger partial charge in [-0.05, 0) is 184 Å². The summed E-state index contributed by atoms with van der Waals surface area (Å²) in [6, 6.07) is 17.7. The molecule has 4 N–H and O–H groups in total. The van der Waals surface area contributed by atoms with Crippen LogP contribution in [0.2, 0.25) is 10.0 Å². The molecule has 0 aromatic heterocycles. The maximum Gasteiger partial charge on any atom is 0.246 e. The number of aryl methyl sites for hydroxylation is 2. The fourth-order valence-electron chi connectivity index (χ4n) is 12.1. The van der Waals surface area contributed by atoms with Gasteiger partial charge in [0.2, 0.25) is 52.9 Å². The molecule has 8 amide bonds. The lowest BCUT2D eigenvalue weighted by Gasteiger charge is -2.43. The van der Waals surface area contributed by atoms with Crippen LogP contribution in [0.25, 0.3) is 25.7 Å². The monoisotopic (exact) mass is 1390 g/mol. The number of carbonyl (C=O) groups excluding carboxylic acids is 8. The van der Waals surface area contributed by atoms with Crippen LogP contribution in [0.4, 0.5) is 17.1 Å². The fraction of sp³-hybridized carbons (Fsp3) is 0.492. The van der Waals surface area contributed by atoms with E-state index in [1.54, 1.807) is 25.1 Å². The maximum absolute atomic E-state index is 13.9. The van der Waals surface area contributed by atoms with Crippen molar-refractivity contribution in [3.8, 4) is 0 Å². The molecule has 4 aromatic carbocycles. The summed E-state index contributed by atoms with van der Waals surface area (Å²) < 4.78 is 0.722. The Morgan fingerprint density at radius 1 is 0.604 bits per heavy atom. The number of nitrogens with zero attached hydrogens (tertiary/aromatic N) is 11. The summed E-state index contributed by atoms with van der Waals surface area (Å²) in [7, 11) is 0. The van der Waals surface area contributed by atoms with Gasteiger partial charge in [0.1, 0.15) is 24.2 Å². The Balaban J connectivity index is 0.000000259. The Labute approximate surface area is 554 Å². The standard InChI is InChI=1S/C33H39ClN8O4.C32H39ClIN7O4/c1-21-17-27(26(36-4)19-24(21)34)39-31(45)25(13-15-37-40-35)38-32(46)28-18-22-9-5-6-10-23(22)20-41(28)29(43)11-12-30(44)42-16-8-7-14-33(42,2)3;1-20-16-26(24(34)18-23(20)33)38-30(44)25(12-14-36-39-35)37-31(45)27-17-21-8-4-5-9-22(21)19-40(27)28(42)10-11-29(43)41-15-7-6-13-32(41,2)3/h5-6,9-10,17,19,25,28H,7-8,11-16,18,20H2,1-3H3,(H,38,46)(H,39,45);4-5,8-9,16,18,25,27H,6-7,10-15,17,19H2,1-3H3,(H,37,45)(H,38,44)/t25-,28-;25-,27-/m00/s1. The number of hydrogen-bond acceptors (Lipinski definition) is 10. The maximum atomic E-state index is 13.9. The van der Waals surface area contributed by atoms with Gasteiger partial charge in [-0.1, -0.05) is 82.0 Å². The van der Waals surface area contributed by atoms with E-state index < -0.39 is 47.8 Å². The molecule has 2 saturated heterocycles. The van der Waals surface area contributed by atoms with E-state index in [0.29, 0.717) is 34.4 Å². The number of nitrogens with one attached hydrogen (secondary N) is 4. The molecule has 4 aliphatic heterocycles. The molecule has 0 unspecified atom stereocenters. The molecule has 4 aromatic rings. The van der Waals surface area contributed by atoms with Crippen molar-refractivity contribution in [2.45, 2.75) is 180 Å². The van der Waals surface area contributed by atoms with Crippen LogP contribution in [0.1, 0.15) is 138 Å². The van der Waals surface area contributed by atoms with Crippen molar-refractivity contribution in [1.82, 2.24) is 30.2 Å². The number of hydrogen-bond donors (Lipinski definition) is 4. The van der Waals surface area contributed by atoms with Crippen molar-refractivity contribution >= 4 is 110 Å². The van der Waals surface area contributed by atoms with Gasteiger partial charge >= 0.3 is 0 Å². The van der Waals surface area contributed by atoms with Crippen LogP contribution >= 0.6 is 45.8 Å². The molecule has 482 valence electrons. The Kier molecular flexibility index (Phi) is 25.1. The van der Waals surface area contributed by atoms with E-state index >= 15 is 0 Å². The number of rotatable bonds is 20. The summed E-state index contributed by atoms with van der Waals surface area (Å²) in [5.41, 5.74) is 23.1. The highest BCUT2D eigenvalue weighted by Gasteiger charge is 2.40. The second-order valence-corrected chi connectivity index (χ2v) is 26.5. The van der Waals surface area contributed by atoms with Crippen LogP contribution < -0.4 is 21.3 Å². The molecule has 91 heavy (non-hydrogen) atoms. The number of carbonyl (C=O) groups is 8. The van der Waals surface area contributed by atoms with E-state index in [1.165, 1.54) is 15.9 Å². The zero-order chi connectivity index (χ0) is 66.2. The number of benzene rings is 4. The average Bonchev–Trinajstić information content (AvgIpc) is 1.15. The summed E-state index contributed by atoms with van der Waals surface area (Å²) in [6.45, 7) is 20.9. The van der Waals surface area contributed by atoms with E-state index in [-0.39, 0.29) is 124 Å². The zero-order valence-corrected chi connectivity index (χ0v) is 55.9. The van der Waals surface area contributed by atoms with E-state index in [9.17, 15) is 38.4 Å². The topological polar surface area (TPSA) is 300 Å². The predicted octanol–water partition coefficient (Wildman–Crippen LogP) is 11.7. The van der Waals surface area contributed by atoms with Crippen molar-refractivity contribution in [2.75, 3.05) is 36.8 Å². The molecule has 4 aliphatic rings. The van der Waals surface area contributed by atoms with Crippen LogP contribution in [0.5, 0.6) is 0 Å². The molecule has 4 heterocycles. The predicted molar refractivity (Wildman–Crippen MR) is 356 cm³/mol. The minimum Gasteiger partial charge on any atom is -0.342 e. The Bertz CT molecular complexity index is 3570. The largest absolute Gasteiger partial charge is 0.342 e. The number of piperidine rings is 2. The molecule has 0 radical (unpaired) electrons. The first-order chi connectivity index (χ1) is 43.3. The second-order valence-electron chi connectivity index (χ2n) is 24.5. The van der Waals surface area contributed by atoms with Crippen LogP contribution in [-0.2, 0) is 64.3 Å². The van der Waals surface area contributed by atoms with Gasteiger partial charge < -0.3 is 40.9 Å². The smallest absolute Gasteiger partial charge is 0.246 e. The average molecular weight is 1400 g/mol. The van der Waals surface area contributed by atoms with Crippen molar-refractivity contribution in [3.63, 3.8) is 0 Å². The van der Waals surface area contributed by atoms with Gasteiger partial charge in [-0.2, -0.15) is 0 Å². The molecule has 0 spiro atoms. The van der Waals surface area contributed by atoms with E-state index in [0.717, 1.165) is 69.9 Å². The number of halogens is 3. The first-order valence-corrected chi connectivity index (χ1v) is 32.4. The van der Waals surface area contributed by atoms with E-state index in [4.69, 9.17) is 40.8 Å². The molecule has 8 rings (SSSR count). The number of likely N-dealkylation sites (tertiary alicyclic amines) is 2. The van der Waals surface area contributed by atoms with E-state index in [1.807, 2.05) is 79.1 Å². The summed E-state index contributed by atoms with van der Waals surface area (Å²) in [4.78, 5) is 124. The SMILES string of the molecule is Cc1cc(NC(=O)[C@H](CCN=[N+]=[N-])NC(=O)[C@@H]2Cc3ccccc3CN2C(=O)CCC(=O)N2CCCCC2(C)C)c(I)cc1Cl.[C-]#[N+]c1cc(Cl)c(C)cc1NC(=O)[C@H](CCN=[N+]=[N-])NC(=O)[C@@H]1Cc2ccccc2CN1C(=O)CCC(=O)N1CCCCC1(C)C. The summed E-state index contributed by atoms with van der Waals surface area (Å²) in [6.07, 6.45) is 6.39. The minimum absolute atomic E-state index is 0.0149. The third-order valence-corrected chi connectivity index (χ3v) is 19.0. The lowest BCUT2D eigenvalue weighted by molar-refractivity contribution is -0.145. The highest BCUT2D eigenvalue weighted by Crippen LogP contribution is 2.34. The first kappa shape index (κ1) is 70.5. The molecule has 2 fully saturated rings. The van der Waals surface area contributed by atoms with Crippen LogP contribution in [0.15, 0.2) is 83.0 Å². The Morgan fingerprint density at radius 3 is 1.42 bits per heavy atom. The van der Waals surface area contributed by atoms with Gasteiger partial charge in [-0.15, -0.1) is 0 Å². The van der Waals surface area contributed by atoms with Crippen molar-refractivity contribution < 1.29 is 38.4 Å². The van der Waals surface area contributed by atoms with Gasteiger partial charge in [-0.3, -0.25) is 38.4 Å². The zero-order valence-electron chi connectivity index (χ0n) is 52.2. The van der Waals surface area contributed by atoms with Crippen molar-refractivity contribution in [2.24, 2.45) is 10.2 Å². The molecule has 26 heteroatoms. The number of fused-ring (bicyclic) bond motifs is 2. The van der Waals surface area contributed by atoms with Crippen molar-refractivity contribution in [3.05, 3.63) is 152 Å². The molecule has 23 nitrogen and oxygen atoms in total. The molecule has 0 bridgehead atoms. The summed E-state index contributed by atoms with van der Waals surface area (Å²) >= 11 is 14.4. The quantitative estimate of drug-likeness (QED) is 0.0216. The molecular formula is C65H78Cl2IN15O8. The van der Waals surface area contributed by atoms with Gasteiger partial charge in [0.25, 0.3) is 0 Å². The normalized spacial score (nSPS) is 17.7. The summed E-state index contributed by atoms with van der Waals surface area (Å²) in [5.74, 6) is -2.91. The van der Waals surface area contributed by atoms with Gasteiger partial charge in [0, 0.05) is 118 Å². The lowest BCUT2D eigenvalue weighted by Crippen LogP contribution is -2.56. The van der Waals surface area contributed by atoms with Crippen molar-refractivity contribution in [1.29, 1.82) is 0 Å². The lowest BCUT2D eigenvalue weighted by atomic mass is 9.90. The fourth-order valence-corrected chi connectivity index (χ4v) is 13.2. The molecule has 0 saturated carbocycles. The number of anilines is 2. The van der Waals surface area contributed by atoms with Gasteiger partial charge in [0.15, 0.2) is 0 Å². The first-order valence-electron chi connectivity index (χ1n) is 30.6. The Hall–Kier alpha value is -7.94. The highest BCUT2D eigenvalue weighted by atomic mass is 127. The Morgan fingerprint density at radius 2 is 1.00 bits per heavy atom. The minimum atomic E-state index is -1.13. The van der Waals surface area contributed by atoms with Crippen LogP contribution in [0, 0.1) is 24.0 Å². The summed E-state index contributed by atoms with van der Waals surface area (Å²) in [5, 5.41) is 19.2. The molecular weight excluding hydrogens is 1320 g/mol. The number of amides is 8. The third-order valence-electron chi connectivity index (χ3n) is 17.3.